The summed E-state index contributed by atoms with van der Waals surface area (Å²) < 4.78 is 6.12. The highest BCUT2D eigenvalue weighted by molar-refractivity contribution is 9.10. The number of nitrogens with zero attached hydrogens (tertiary/aromatic N) is 2. The number of phenolic OH excluding ortho intramolecular Hbond substituents is 1. The van der Waals surface area contributed by atoms with E-state index in [0.29, 0.717) is 16.9 Å². The Morgan fingerprint density at radius 2 is 1.87 bits per heavy atom. The Kier molecular flexibility index (Phi) is 5.72. The fourth-order valence-corrected chi connectivity index (χ4v) is 3.64. The number of nitrogens with one attached hydrogen (secondary N) is 1. The first-order chi connectivity index (χ1) is 14.5. The van der Waals surface area contributed by atoms with Gasteiger partial charge in [-0.3, -0.25) is 4.79 Å². The van der Waals surface area contributed by atoms with Gasteiger partial charge in [0.25, 0.3) is 5.91 Å². The highest BCUT2D eigenvalue weighted by atomic mass is 79.9. The third-order valence-corrected chi connectivity index (χ3v) is 5.49. The minimum atomic E-state index is -0.276. The molecule has 0 unspecified atom stereocenters. The third-order valence-electron chi connectivity index (χ3n) is 4.97. The zero-order chi connectivity index (χ0) is 21.1. The predicted octanol–water partition coefficient (Wildman–Crippen LogP) is 4.45. The molecule has 1 heterocycles. The van der Waals surface area contributed by atoms with Gasteiger partial charge < -0.3 is 14.7 Å². The molecular formula is C23H20BrN3O3. The molecule has 0 aliphatic carbocycles. The molecule has 3 aromatic carbocycles. The van der Waals surface area contributed by atoms with Gasteiger partial charge in [0.1, 0.15) is 0 Å². The number of carbonyl (C=O) groups excluding carboxylic acids is 1. The number of hydrazone groups is 1. The molecule has 6 nitrogen and oxygen atoms in total. The molecule has 0 aromatic heterocycles. The molecule has 0 spiro atoms. The van der Waals surface area contributed by atoms with Crippen LogP contribution in [0, 0.1) is 0 Å². The summed E-state index contributed by atoms with van der Waals surface area (Å²) in [5.74, 6) is 0.120. The largest absolute Gasteiger partial charge is 0.504 e. The SMILES string of the molecule is COc1cc(/C=N/NC(=O)c2ccc3c(c2)CN(c2ccc(Br)cc2)C3)ccc1O. The van der Waals surface area contributed by atoms with E-state index in [-0.39, 0.29) is 11.7 Å². The minimum Gasteiger partial charge on any atom is -0.504 e. The summed E-state index contributed by atoms with van der Waals surface area (Å²) in [4.78, 5) is 14.8. The van der Waals surface area contributed by atoms with Gasteiger partial charge in [0.2, 0.25) is 0 Å². The van der Waals surface area contributed by atoms with Gasteiger partial charge in [-0.05, 0) is 71.3 Å². The van der Waals surface area contributed by atoms with Crippen LogP contribution in [0.1, 0.15) is 27.0 Å². The first-order valence-electron chi connectivity index (χ1n) is 9.36. The number of phenols is 1. The number of ether oxygens (including phenoxy) is 1. The van der Waals surface area contributed by atoms with E-state index >= 15 is 0 Å². The van der Waals surface area contributed by atoms with Crippen molar-refractivity contribution in [1.82, 2.24) is 5.43 Å². The van der Waals surface area contributed by atoms with Gasteiger partial charge in [-0.25, -0.2) is 5.43 Å². The van der Waals surface area contributed by atoms with Crippen LogP contribution in [0.2, 0.25) is 0 Å². The summed E-state index contributed by atoms with van der Waals surface area (Å²) in [5, 5.41) is 13.6. The molecule has 1 aliphatic rings. The van der Waals surface area contributed by atoms with Gasteiger partial charge in [0, 0.05) is 28.8 Å². The van der Waals surface area contributed by atoms with Gasteiger partial charge in [0.15, 0.2) is 11.5 Å². The Balaban J connectivity index is 1.42. The molecule has 0 fully saturated rings. The molecule has 0 bridgehead atoms. The predicted molar refractivity (Wildman–Crippen MR) is 120 cm³/mol. The Morgan fingerprint density at radius 1 is 1.10 bits per heavy atom. The number of benzene rings is 3. The van der Waals surface area contributed by atoms with Crippen LogP contribution >= 0.6 is 15.9 Å². The van der Waals surface area contributed by atoms with Crippen LogP contribution in [0.3, 0.4) is 0 Å². The van der Waals surface area contributed by atoms with Crippen molar-refractivity contribution in [2.24, 2.45) is 5.10 Å². The van der Waals surface area contributed by atoms with Crippen molar-refractivity contribution in [3.63, 3.8) is 0 Å². The summed E-state index contributed by atoms with van der Waals surface area (Å²) in [7, 11) is 1.48. The first kappa shape index (κ1) is 20.0. The lowest BCUT2D eigenvalue weighted by atomic mass is 10.1. The number of amides is 1. The molecule has 0 saturated heterocycles. The molecule has 152 valence electrons. The molecule has 1 aliphatic heterocycles. The monoisotopic (exact) mass is 465 g/mol. The van der Waals surface area contributed by atoms with Crippen LogP contribution in [-0.4, -0.2) is 24.3 Å². The average molecular weight is 466 g/mol. The number of halogens is 1. The van der Waals surface area contributed by atoms with Gasteiger partial charge in [-0.15, -0.1) is 0 Å². The normalized spacial score (nSPS) is 12.8. The highest BCUT2D eigenvalue weighted by Crippen LogP contribution is 2.30. The molecule has 0 radical (unpaired) electrons. The first-order valence-corrected chi connectivity index (χ1v) is 10.2. The summed E-state index contributed by atoms with van der Waals surface area (Å²) >= 11 is 3.46. The second-order valence-electron chi connectivity index (χ2n) is 6.95. The Labute approximate surface area is 182 Å². The quantitative estimate of drug-likeness (QED) is 0.431. The van der Waals surface area contributed by atoms with Crippen LogP contribution in [0.4, 0.5) is 5.69 Å². The van der Waals surface area contributed by atoms with E-state index in [4.69, 9.17) is 4.74 Å². The van der Waals surface area contributed by atoms with Crippen molar-refractivity contribution in [2.45, 2.75) is 13.1 Å². The summed E-state index contributed by atoms with van der Waals surface area (Å²) in [5.41, 5.74) is 7.31. The van der Waals surface area contributed by atoms with E-state index in [9.17, 15) is 9.90 Å². The molecule has 4 rings (SSSR count). The lowest BCUT2D eigenvalue weighted by Gasteiger charge is -2.17. The Morgan fingerprint density at radius 3 is 2.63 bits per heavy atom. The van der Waals surface area contributed by atoms with E-state index in [1.807, 2.05) is 30.3 Å². The number of methoxy groups -OCH3 is 1. The summed E-state index contributed by atoms with van der Waals surface area (Å²) in [6.07, 6.45) is 1.50. The van der Waals surface area contributed by atoms with E-state index in [0.717, 1.165) is 28.8 Å². The van der Waals surface area contributed by atoms with Gasteiger partial charge >= 0.3 is 0 Å². The number of anilines is 1. The number of carbonyl (C=O) groups is 1. The summed E-state index contributed by atoms with van der Waals surface area (Å²) in [6.45, 7) is 1.58. The maximum atomic E-state index is 12.5. The topological polar surface area (TPSA) is 74.2 Å². The van der Waals surface area contributed by atoms with Crippen molar-refractivity contribution in [3.05, 3.63) is 87.4 Å². The van der Waals surface area contributed by atoms with E-state index < -0.39 is 0 Å². The maximum Gasteiger partial charge on any atom is 0.271 e. The smallest absolute Gasteiger partial charge is 0.271 e. The zero-order valence-electron chi connectivity index (χ0n) is 16.3. The standard InChI is InChI=1S/C23H20BrN3O3/c1-30-22-10-15(2-9-21(22)28)12-25-26-23(29)16-3-4-17-13-27(14-18(17)11-16)20-7-5-19(24)6-8-20/h2-12,28H,13-14H2,1H3,(H,26,29)/b25-12+. The molecular weight excluding hydrogens is 446 g/mol. The number of rotatable bonds is 5. The molecule has 30 heavy (non-hydrogen) atoms. The van der Waals surface area contributed by atoms with Crippen LogP contribution in [0.5, 0.6) is 11.5 Å². The molecule has 2 N–H and O–H groups in total. The van der Waals surface area contributed by atoms with Crippen LogP contribution in [0.15, 0.2) is 70.2 Å². The number of fused-ring (bicyclic) bond motifs is 1. The lowest BCUT2D eigenvalue weighted by molar-refractivity contribution is 0.0955. The van der Waals surface area contributed by atoms with Gasteiger partial charge in [0.05, 0.1) is 13.3 Å². The second kappa shape index (κ2) is 8.59. The molecule has 7 heteroatoms. The number of aromatic hydroxyl groups is 1. The average Bonchev–Trinajstić information content (AvgIpc) is 3.18. The van der Waals surface area contributed by atoms with Crippen LogP contribution in [0.25, 0.3) is 0 Å². The third kappa shape index (κ3) is 4.31. The van der Waals surface area contributed by atoms with Crippen molar-refractivity contribution in [1.29, 1.82) is 0 Å². The van der Waals surface area contributed by atoms with E-state index in [1.54, 1.807) is 12.1 Å². The Bertz CT molecular complexity index is 1110. The van der Waals surface area contributed by atoms with Crippen molar-refractivity contribution in [3.8, 4) is 11.5 Å². The van der Waals surface area contributed by atoms with E-state index in [2.05, 4.69) is 43.5 Å². The fraction of sp³-hybridized carbons (Fsp3) is 0.130. The fourth-order valence-electron chi connectivity index (χ4n) is 3.37. The molecule has 0 saturated carbocycles. The molecule has 1 amide bonds. The van der Waals surface area contributed by atoms with Crippen molar-refractivity contribution < 1.29 is 14.6 Å². The van der Waals surface area contributed by atoms with Gasteiger partial charge in [-0.2, -0.15) is 5.10 Å². The van der Waals surface area contributed by atoms with Crippen LogP contribution < -0.4 is 15.1 Å². The van der Waals surface area contributed by atoms with Crippen LogP contribution in [-0.2, 0) is 13.1 Å². The minimum absolute atomic E-state index is 0.0500. The van der Waals surface area contributed by atoms with Crippen molar-refractivity contribution >= 4 is 33.7 Å². The Hall–Kier alpha value is -3.32. The highest BCUT2D eigenvalue weighted by Gasteiger charge is 2.20. The van der Waals surface area contributed by atoms with E-state index in [1.165, 1.54) is 25.0 Å². The second-order valence-corrected chi connectivity index (χ2v) is 7.86. The number of hydrogen-bond acceptors (Lipinski definition) is 5. The molecule has 3 aromatic rings. The molecule has 0 atom stereocenters. The summed E-state index contributed by atoms with van der Waals surface area (Å²) in [6, 6.07) is 18.8. The lowest BCUT2D eigenvalue weighted by Crippen LogP contribution is -2.18. The number of hydrogen-bond donors (Lipinski definition) is 2. The maximum absolute atomic E-state index is 12.5. The zero-order valence-corrected chi connectivity index (χ0v) is 17.9. The van der Waals surface area contributed by atoms with Gasteiger partial charge in [-0.1, -0.05) is 22.0 Å². The van der Waals surface area contributed by atoms with Crippen molar-refractivity contribution in [2.75, 3.05) is 12.0 Å².